The first-order valence-corrected chi connectivity index (χ1v) is 15.2. The molecule has 10 heteroatoms. The van der Waals surface area contributed by atoms with E-state index in [1.165, 1.54) is 22.5 Å². The molecule has 10 nitrogen and oxygen atoms in total. The monoisotopic (exact) mass is 581 g/mol. The molecule has 2 aromatic carbocycles. The number of nitriles is 1. The lowest BCUT2D eigenvalue weighted by Gasteiger charge is -2.42. The standard InChI is InChI=1S/C33H39N7O3/c1-2-31(42)40-18-17-39(21-25(40)12-14-34)32-28-13-16-38(30-11-5-8-24-7-3-4-10-27(24)30)22-29(28)35-33(36-32)43-23-26-9-6-15-37(26)19-20-41/h2-5,7-8,10-11,25-26,41H,1,6,9,12-13,15-23H2/t25?,26-/m1/s1. The maximum Gasteiger partial charge on any atom is 0.318 e. The van der Waals surface area contributed by atoms with Crippen LogP contribution in [0.4, 0.5) is 11.5 Å². The average molecular weight is 582 g/mol. The van der Waals surface area contributed by atoms with Crippen LogP contribution in [0.15, 0.2) is 55.1 Å². The van der Waals surface area contributed by atoms with Crippen LogP contribution < -0.4 is 14.5 Å². The zero-order valence-electron chi connectivity index (χ0n) is 24.6. The zero-order chi connectivity index (χ0) is 29.8. The number of ether oxygens (including phenoxy) is 1. The molecule has 6 rings (SSSR count). The molecule has 0 bridgehead atoms. The number of hydrogen-bond donors (Lipinski definition) is 1. The third kappa shape index (κ3) is 6.01. The van der Waals surface area contributed by atoms with Crippen LogP contribution >= 0.6 is 0 Å². The molecular formula is C33H39N7O3. The van der Waals surface area contributed by atoms with Crippen molar-refractivity contribution >= 4 is 28.2 Å². The predicted octanol–water partition coefficient (Wildman–Crippen LogP) is 3.14. The third-order valence-corrected chi connectivity index (χ3v) is 8.99. The molecule has 2 fully saturated rings. The van der Waals surface area contributed by atoms with E-state index in [4.69, 9.17) is 14.7 Å². The molecule has 4 heterocycles. The summed E-state index contributed by atoms with van der Waals surface area (Å²) in [6, 6.07) is 17.4. The highest BCUT2D eigenvalue weighted by molar-refractivity contribution is 5.94. The van der Waals surface area contributed by atoms with Gasteiger partial charge in [-0.05, 0) is 43.3 Å². The minimum Gasteiger partial charge on any atom is -0.462 e. The highest BCUT2D eigenvalue weighted by Crippen LogP contribution is 2.35. The summed E-state index contributed by atoms with van der Waals surface area (Å²) in [5.41, 5.74) is 3.23. The molecule has 2 saturated heterocycles. The highest BCUT2D eigenvalue weighted by atomic mass is 16.5. The maximum atomic E-state index is 12.5. The first-order chi connectivity index (χ1) is 21.1. The molecule has 2 atom stereocenters. The molecule has 3 aliphatic heterocycles. The summed E-state index contributed by atoms with van der Waals surface area (Å²) in [6.07, 6.45) is 4.43. The Morgan fingerprint density at radius 2 is 1.95 bits per heavy atom. The van der Waals surface area contributed by atoms with E-state index in [2.05, 4.69) is 69.8 Å². The second-order valence-corrected chi connectivity index (χ2v) is 11.5. The minimum absolute atomic E-state index is 0.129. The number of anilines is 2. The van der Waals surface area contributed by atoms with Crippen molar-refractivity contribution in [2.24, 2.45) is 0 Å². The van der Waals surface area contributed by atoms with Crippen molar-refractivity contribution in [2.45, 2.75) is 44.3 Å². The summed E-state index contributed by atoms with van der Waals surface area (Å²) < 4.78 is 6.31. The summed E-state index contributed by atoms with van der Waals surface area (Å²) in [5, 5.41) is 21.4. The fourth-order valence-corrected chi connectivity index (χ4v) is 6.82. The van der Waals surface area contributed by atoms with Crippen LogP contribution in [0.3, 0.4) is 0 Å². The Morgan fingerprint density at radius 3 is 2.79 bits per heavy atom. The van der Waals surface area contributed by atoms with Crippen molar-refractivity contribution in [2.75, 3.05) is 62.3 Å². The predicted molar refractivity (Wildman–Crippen MR) is 166 cm³/mol. The fourth-order valence-electron chi connectivity index (χ4n) is 6.82. The number of likely N-dealkylation sites (tertiary alicyclic amines) is 1. The average Bonchev–Trinajstić information content (AvgIpc) is 3.49. The topological polar surface area (TPSA) is 109 Å². The molecule has 1 aromatic heterocycles. The second kappa shape index (κ2) is 13.0. The van der Waals surface area contributed by atoms with Crippen LogP contribution in [-0.2, 0) is 17.8 Å². The Labute approximate surface area is 252 Å². The molecule has 3 aromatic rings. The lowest BCUT2D eigenvalue weighted by atomic mass is 10.0. The van der Waals surface area contributed by atoms with Crippen LogP contribution in [0, 0.1) is 11.3 Å². The lowest BCUT2D eigenvalue weighted by molar-refractivity contribution is -0.128. The molecule has 1 amide bonds. The first-order valence-electron chi connectivity index (χ1n) is 15.2. The lowest BCUT2D eigenvalue weighted by Crippen LogP contribution is -2.55. The van der Waals surface area contributed by atoms with Gasteiger partial charge in [-0.3, -0.25) is 9.69 Å². The SMILES string of the molecule is C=CC(=O)N1CCN(c2nc(OC[C@H]3CCCN3CCO)nc3c2CCN(c2cccc4ccccc24)C3)CC1CC#N. The third-order valence-electron chi connectivity index (χ3n) is 8.99. The normalized spacial score (nSPS) is 20.6. The Balaban J connectivity index is 1.32. The number of piperazine rings is 1. The van der Waals surface area contributed by atoms with Crippen molar-refractivity contribution in [3.63, 3.8) is 0 Å². The zero-order valence-corrected chi connectivity index (χ0v) is 24.6. The van der Waals surface area contributed by atoms with Crippen LogP contribution in [0.5, 0.6) is 6.01 Å². The van der Waals surface area contributed by atoms with Crippen molar-refractivity contribution < 1.29 is 14.6 Å². The van der Waals surface area contributed by atoms with E-state index in [1.807, 2.05) is 0 Å². The van der Waals surface area contributed by atoms with Gasteiger partial charge in [-0.25, -0.2) is 0 Å². The van der Waals surface area contributed by atoms with Crippen LogP contribution in [-0.4, -0.2) is 95.3 Å². The summed E-state index contributed by atoms with van der Waals surface area (Å²) >= 11 is 0. The van der Waals surface area contributed by atoms with Gasteiger partial charge in [0.05, 0.1) is 37.4 Å². The minimum atomic E-state index is -0.250. The van der Waals surface area contributed by atoms with Crippen molar-refractivity contribution in [1.29, 1.82) is 5.26 Å². The number of fused-ring (bicyclic) bond motifs is 2. The van der Waals surface area contributed by atoms with E-state index in [-0.39, 0.29) is 31.0 Å². The Hall–Kier alpha value is -4.20. The van der Waals surface area contributed by atoms with E-state index in [1.54, 1.807) is 4.90 Å². The maximum absolute atomic E-state index is 12.5. The number of hydrogen-bond acceptors (Lipinski definition) is 9. The van der Waals surface area contributed by atoms with Gasteiger partial charge in [-0.1, -0.05) is 43.0 Å². The first kappa shape index (κ1) is 28.9. The molecule has 1 unspecified atom stereocenters. The number of carbonyl (C=O) groups is 1. The molecule has 0 radical (unpaired) electrons. The second-order valence-electron chi connectivity index (χ2n) is 11.5. The Bertz CT molecular complexity index is 1520. The Morgan fingerprint density at radius 1 is 1.09 bits per heavy atom. The van der Waals surface area contributed by atoms with Crippen molar-refractivity contribution in [1.82, 2.24) is 19.8 Å². The smallest absolute Gasteiger partial charge is 0.318 e. The quantitative estimate of drug-likeness (QED) is 0.381. The van der Waals surface area contributed by atoms with Crippen molar-refractivity contribution in [3.8, 4) is 12.1 Å². The van der Waals surface area contributed by atoms with E-state index in [0.29, 0.717) is 45.3 Å². The number of rotatable bonds is 9. The number of β-amino-alcohol motifs (C(OH)–C–C–N with tert-alkyl or cyclic N) is 1. The number of carbonyl (C=O) groups excluding carboxylic acids is 1. The van der Waals surface area contributed by atoms with Crippen molar-refractivity contribution in [3.05, 3.63) is 66.4 Å². The van der Waals surface area contributed by atoms with Crippen LogP contribution in [0.1, 0.15) is 30.5 Å². The number of amides is 1. The molecule has 1 N–H and O–H groups in total. The van der Waals surface area contributed by atoms with Gasteiger partial charge < -0.3 is 24.5 Å². The summed E-state index contributed by atoms with van der Waals surface area (Å²) in [5.74, 6) is 0.688. The summed E-state index contributed by atoms with van der Waals surface area (Å²) in [6.45, 7) is 8.90. The van der Waals surface area contributed by atoms with E-state index < -0.39 is 0 Å². The van der Waals surface area contributed by atoms with Gasteiger partial charge in [0.1, 0.15) is 12.4 Å². The molecule has 224 valence electrons. The van der Waals surface area contributed by atoms with E-state index >= 15 is 0 Å². The molecule has 0 aliphatic carbocycles. The van der Waals surface area contributed by atoms with Gasteiger partial charge in [-0.2, -0.15) is 15.2 Å². The number of nitrogens with zero attached hydrogens (tertiary/aromatic N) is 7. The van der Waals surface area contributed by atoms with Gasteiger partial charge in [0.2, 0.25) is 5.91 Å². The number of aliphatic hydroxyl groups is 1. The highest BCUT2D eigenvalue weighted by Gasteiger charge is 2.34. The number of aromatic nitrogens is 2. The summed E-state index contributed by atoms with van der Waals surface area (Å²) in [4.78, 5) is 31.1. The number of benzene rings is 2. The molecular weight excluding hydrogens is 542 g/mol. The van der Waals surface area contributed by atoms with E-state index in [0.717, 1.165) is 49.4 Å². The van der Waals surface area contributed by atoms with E-state index in [9.17, 15) is 15.2 Å². The summed E-state index contributed by atoms with van der Waals surface area (Å²) in [7, 11) is 0. The fraction of sp³-hybridized carbons (Fsp3) is 0.455. The molecule has 3 aliphatic rings. The van der Waals surface area contributed by atoms with Crippen LogP contribution in [0.2, 0.25) is 0 Å². The molecule has 43 heavy (non-hydrogen) atoms. The molecule has 0 saturated carbocycles. The molecule has 0 spiro atoms. The van der Waals surface area contributed by atoms with Gasteiger partial charge in [-0.15, -0.1) is 0 Å². The van der Waals surface area contributed by atoms with Gasteiger partial charge in [0, 0.05) is 55.4 Å². The van der Waals surface area contributed by atoms with Gasteiger partial charge in [0.25, 0.3) is 0 Å². The van der Waals surface area contributed by atoms with Gasteiger partial charge in [0.15, 0.2) is 0 Å². The largest absolute Gasteiger partial charge is 0.462 e. The Kier molecular flexibility index (Phi) is 8.72. The number of aliphatic hydroxyl groups excluding tert-OH is 1. The van der Waals surface area contributed by atoms with Crippen LogP contribution in [0.25, 0.3) is 10.8 Å². The van der Waals surface area contributed by atoms with Gasteiger partial charge >= 0.3 is 6.01 Å².